The zero-order chi connectivity index (χ0) is 17.2. The third kappa shape index (κ3) is 3.72. The molecule has 0 aromatic carbocycles. The highest BCUT2D eigenvalue weighted by Crippen LogP contribution is 2.14. The second-order valence-electron chi connectivity index (χ2n) is 6.81. The van der Waals surface area contributed by atoms with Gasteiger partial charge in [-0.1, -0.05) is 11.2 Å². The van der Waals surface area contributed by atoms with Crippen LogP contribution in [0.1, 0.15) is 35.9 Å². The molecule has 3 aromatic heterocycles. The lowest BCUT2D eigenvalue weighted by Gasteiger charge is -2.32. The Labute approximate surface area is 147 Å². The van der Waals surface area contributed by atoms with Gasteiger partial charge in [-0.3, -0.25) is 4.90 Å². The molecule has 7 heteroatoms. The smallest absolute Gasteiger partial charge is 0.223 e. The van der Waals surface area contributed by atoms with Crippen LogP contribution in [-0.2, 0) is 13.1 Å². The summed E-state index contributed by atoms with van der Waals surface area (Å²) in [6.07, 6.45) is 4.49. The number of nitrogens with zero attached hydrogens (tertiary/aromatic N) is 5. The summed E-state index contributed by atoms with van der Waals surface area (Å²) in [6.45, 7) is 7.56. The minimum absolute atomic E-state index is 0.465. The van der Waals surface area contributed by atoms with E-state index in [9.17, 15) is 0 Å². The van der Waals surface area contributed by atoms with Gasteiger partial charge in [0.25, 0.3) is 0 Å². The van der Waals surface area contributed by atoms with Gasteiger partial charge in [-0.2, -0.15) is 4.98 Å². The lowest BCUT2D eigenvalue weighted by Crippen LogP contribution is -2.45. The van der Waals surface area contributed by atoms with Crippen LogP contribution in [0.2, 0.25) is 0 Å². The van der Waals surface area contributed by atoms with Crippen molar-refractivity contribution in [3.05, 3.63) is 47.5 Å². The van der Waals surface area contributed by atoms with Crippen molar-refractivity contribution < 1.29 is 4.52 Å². The highest BCUT2D eigenvalue weighted by atomic mass is 16.5. The van der Waals surface area contributed by atoms with Crippen molar-refractivity contribution in [3.63, 3.8) is 0 Å². The Morgan fingerprint density at radius 2 is 2.20 bits per heavy atom. The molecule has 0 spiro atoms. The zero-order valence-corrected chi connectivity index (χ0v) is 14.8. The lowest BCUT2D eigenvalue weighted by molar-refractivity contribution is 0.177. The molecule has 4 heterocycles. The molecule has 1 N–H and O–H groups in total. The molecule has 0 amide bonds. The predicted molar refractivity (Wildman–Crippen MR) is 94.1 cm³/mol. The van der Waals surface area contributed by atoms with Crippen LogP contribution in [-0.4, -0.2) is 43.6 Å². The van der Waals surface area contributed by atoms with E-state index >= 15 is 0 Å². The molecule has 0 saturated carbocycles. The van der Waals surface area contributed by atoms with Gasteiger partial charge in [0.15, 0.2) is 5.82 Å². The van der Waals surface area contributed by atoms with Crippen LogP contribution in [0.4, 0.5) is 0 Å². The van der Waals surface area contributed by atoms with E-state index in [4.69, 9.17) is 9.51 Å². The largest absolute Gasteiger partial charge is 0.340 e. The number of piperidine rings is 1. The fourth-order valence-corrected chi connectivity index (χ4v) is 3.50. The number of nitrogens with one attached hydrogen (secondary N) is 1. The molecular weight excluding hydrogens is 316 g/mol. The summed E-state index contributed by atoms with van der Waals surface area (Å²) in [5, 5.41) is 7.66. The molecule has 4 rings (SSSR count). The number of imidazole rings is 1. The molecule has 1 aliphatic heterocycles. The quantitative estimate of drug-likeness (QED) is 0.767. The topological polar surface area (TPSA) is 71.5 Å². The molecular formula is C18H24N6O. The first kappa shape index (κ1) is 16.2. The predicted octanol–water partition coefficient (Wildman–Crippen LogP) is 2.09. The van der Waals surface area contributed by atoms with Crippen LogP contribution in [0.25, 0.3) is 5.65 Å². The third-order valence-electron chi connectivity index (χ3n) is 4.76. The summed E-state index contributed by atoms with van der Waals surface area (Å²) < 4.78 is 7.20. The molecule has 132 valence electrons. The molecule has 1 saturated heterocycles. The van der Waals surface area contributed by atoms with Gasteiger partial charge in [0, 0.05) is 37.9 Å². The lowest BCUT2D eigenvalue weighted by atomic mass is 10.1. The van der Waals surface area contributed by atoms with Gasteiger partial charge in [0.2, 0.25) is 5.89 Å². The number of pyridine rings is 1. The standard InChI is InChI=1S/C18H24N6O/c1-13-5-3-7-18-21-16(11-24(13)18)9-19-15-6-4-8-23(10-15)12-17-20-14(2)25-22-17/h3,5,7,11,15,19H,4,6,8-10,12H2,1-2H3/t15-/m0/s1. The molecule has 1 aliphatic rings. The molecule has 25 heavy (non-hydrogen) atoms. The summed E-state index contributed by atoms with van der Waals surface area (Å²) in [5.41, 5.74) is 3.30. The first-order valence-corrected chi connectivity index (χ1v) is 8.86. The first-order valence-electron chi connectivity index (χ1n) is 8.86. The van der Waals surface area contributed by atoms with E-state index in [-0.39, 0.29) is 0 Å². The fraction of sp³-hybridized carbons (Fsp3) is 0.500. The van der Waals surface area contributed by atoms with E-state index < -0.39 is 0 Å². The Balaban J connectivity index is 1.34. The van der Waals surface area contributed by atoms with Crippen LogP contribution in [0.5, 0.6) is 0 Å². The summed E-state index contributed by atoms with van der Waals surface area (Å²) >= 11 is 0. The summed E-state index contributed by atoms with van der Waals surface area (Å²) in [6, 6.07) is 6.66. The van der Waals surface area contributed by atoms with Gasteiger partial charge in [0.05, 0.1) is 12.2 Å². The van der Waals surface area contributed by atoms with E-state index in [0.29, 0.717) is 11.9 Å². The van der Waals surface area contributed by atoms with E-state index in [1.54, 1.807) is 0 Å². The molecule has 7 nitrogen and oxygen atoms in total. The summed E-state index contributed by atoms with van der Waals surface area (Å²) in [7, 11) is 0. The van der Waals surface area contributed by atoms with Gasteiger partial charge in [-0.05, 0) is 38.4 Å². The van der Waals surface area contributed by atoms with Crippen LogP contribution in [0.3, 0.4) is 0 Å². The van der Waals surface area contributed by atoms with Crippen LogP contribution >= 0.6 is 0 Å². The number of hydrogen-bond acceptors (Lipinski definition) is 6. The molecule has 0 bridgehead atoms. The maximum absolute atomic E-state index is 5.06. The van der Waals surface area contributed by atoms with Gasteiger partial charge < -0.3 is 14.2 Å². The molecule has 0 unspecified atom stereocenters. The summed E-state index contributed by atoms with van der Waals surface area (Å²) in [5.74, 6) is 1.40. The van der Waals surface area contributed by atoms with Gasteiger partial charge in [-0.25, -0.2) is 4.98 Å². The Kier molecular flexibility index (Phi) is 4.50. The van der Waals surface area contributed by atoms with Gasteiger partial charge >= 0.3 is 0 Å². The van der Waals surface area contributed by atoms with Crippen molar-refractivity contribution in [2.24, 2.45) is 0 Å². The maximum Gasteiger partial charge on any atom is 0.223 e. The Morgan fingerprint density at radius 3 is 3.00 bits per heavy atom. The molecule has 1 atom stereocenters. The normalized spacial score (nSPS) is 18.9. The van der Waals surface area contributed by atoms with Gasteiger partial charge in [-0.15, -0.1) is 0 Å². The molecule has 0 aliphatic carbocycles. The second-order valence-corrected chi connectivity index (χ2v) is 6.81. The van der Waals surface area contributed by atoms with Crippen molar-refractivity contribution in [1.82, 2.24) is 29.7 Å². The minimum atomic E-state index is 0.465. The number of rotatable bonds is 5. The van der Waals surface area contributed by atoms with Crippen molar-refractivity contribution >= 4 is 5.65 Å². The SMILES string of the molecule is Cc1nc(CN2CCC[C@H](NCc3cn4c(C)cccc4n3)C2)no1. The molecule has 1 fully saturated rings. The van der Waals surface area contributed by atoms with Crippen molar-refractivity contribution in [1.29, 1.82) is 0 Å². The van der Waals surface area contributed by atoms with Crippen LogP contribution in [0, 0.1) is 13.8 Å². The van der Waals surface area contributed by atoms with Crippen molar-refractivity contribution in [2.45, 2.75) is 45.8 Å². The average Bonchev–Trinajstić information content (AvgIpc) is 3.20. The minimum Gasteiger partial charge on any atom is -0.340 e. The maximum atomic E-state index is 5.06. The molecule has 3 aromatic rings. The fourth-order valence-electron chi connectivity index (χ4n) is 3.50. The van der Waals surface area contributed by atoms with E-state index in [0.717, 1.165) is 43.3 Å². The number of aryl methyl sites for hydroxylation is 2. The monoisotopic (exact) mass is 340 g/mol. The average molecular weight is 340 g/mol. The van der Waals surface area contributed by atoms with Crippen molar-refractivity contribution in [3.8, 4) is 0 Å². The Hall–Kier alpha value is -2.25. The number of likely N-dealkylation sites (tertiary alicyclic amines) is 1. The Bertz CT molecular complexity index is 854. The number of hydrogen-bond donors (Lipinski definition) is 1. The first-order chi connectivity index (χ1) is 12.2. The third-order valence-corrected chi connectivity index (χ3v) is 4.76. The summed E-state index contributed by atoms with van der Waals surface area (Å²) in [4.78, 5) is 11.4. The zero-order valence-electron chi connectivity index (χ0n) is 14.8. The Morgan fingerprint density at radius 1 is 1.28 bits per heavy atom. The van der Waals surface area contributed by atoms with E-state index in [1.807, 2.05) is 19.1 Å². The molecule has 0 radical (unpaired) electrons. The number of aromatic nitrogens is 4. The van der Waals surface area contributed by atoms with E-state index in [1.165, 1.54) is 18.5 Å². The van der Waals surface area contributed by atoms with Gasteiger partial charge in [0.1, 0.15) is 5.65 Å². The number of fused-ring (bicyclic) bond motifs is 1. The second kappa shape index (κ2) is 6.93. The van der Waals surface area contributed by atoms with Crippen molar-refractivity contribution in [2.75, 3.05) is 13.1 Å². The highest BCUT2D eigenvalue weighted by molar-refractivity contribution is 5.41. The van der Waals surface area contributed by atoms with Crippen LogP contribution in [0.15, 0.2) is 28.9 Å². The highest BCUT2D eigenvalue weighted by Gasteiger charge is 2.21. The van der Waals surface area contributed by atoms with E-state index in [2.05, 4.69) is 43.9 Å². The van der Waals surface area contributed by atoms with Crippen LogP contribution < -0.4 is 5.32 Å².